The van der Waals surface area contributed by atoms with E-state index >= 15 is 0 Å². The van der Waals surface area contributed by atoms with Gasteiger partial charge in [0.1, 0.15) is 5.75 Å². The zero-order valence-corrected chi connectivity index (χ0v) is 7.10. The van der Waals surface area contributed by atoms with E-state index in [1.165, 1.54) is 0 Å². The summed E-state index contributed by atoms with van der Waals surface area (Å²) in [6.45, 7) is 0. The first-order chi connectivity index (χ1) is 5.14. The van der Waals surface area contributed by atoms with Crippen molar-refractivity contribution < 1.29 is 8.42 Å². The minimum absolute atomic E-state index is 0.223. The Morgan fingerprint density at radius 2 is 2.09 bits per heavy atom. The van der Waals surface area contributed by atoms with Gasteiger partial charge in [-0.05, 0) is 18.8 Å². The molecule has 0 amide bonds. The van der Waals surface area contributed by atoms with Crippen LogP contribution in [0.25, 0.3) is 0 Å². The van der Waals surface area contributed by atoms with E-state index < -0.39 is 9.84 Å². The van der Waals surface area contributed by atoms with Crippen molar-refractivity contribution in [2.75, 3.05) is 11.5 Å². The van der Waals surface area contributed by atoms with Gasteiger partial charge < -0.3 is 0 Å². The van der Waals surface area contributed by atoms with E-state index in [1.54, 1.807) is 6.07 Å². The van der Waals surface area contributed by atoms with Crippen LogP contribution in [-0.4, -0.2) is 19.9 Å². The molecule has 0 unspecified atom stereocenters. The second-order valence-corrected chi connectivity index (χ2v) is 5.12. The minimum Gasteiger partial charge on any atom is -0.228 e. The van der Waals surface area contributed by atoms with Crippen LogP contribution in [0.15, 0.2) is 0 Å². The fourth-order valence-electron chi connectivity index (χ4n) is 1.18. The topological polar surface area (TPSA) is 57.9 Å². The van der Waals surface area contributed by atoms with E-state index in [1.807, 2.05) is 0 Å². The predicted octanol–water partition coefficient (Wildman–Crippen LogP) is 0.725. The van der Waals surface area contributed by atoms with Crippen LogP contribution in [0.5, 0.6) is 0 Å². The first-order valence-electron chi connectivity index (χ1n) is 3.71. The average Bonchev–Trinajstić information content (AvgIpc) is 1.79. The van der Waals surface area contributed by atoms with Gasteiger partial charge in [0.25, 0.3) is 0 Å². The van der Waals surface area contributed by atoms with E-state index in [4.69, 9.17) is 5.26 Å². The summed E-state index contributed by atoms with van der Waals surface area (Å²) in [7, 11) is -3.05. The van der Waals surface area contributed by atoms with Crippen molar-refractivity contribution in [1.29, 1.82) is 5.26 Å². The van der Waals surface area contributed by atoms with Gasteiger partial charge in [0.05, 0.1) is 11.8 Å². The first kappa shape index (κ1) is 8.54. The molecule has 0 heterocycles. The highest BCUT2D eigenvalue weighted by Crippen LogP contribution is 2.27. The summed E-state index contributed by atoms with van der Waals surface area (Å²) in [5.74, 6) is 0.248. The maximum Gasteiger partial charge on any atom is 0.163 e. The molecule has 0 saturated heterocycles. The lowest BCUT2D eigenvalue weighted by Crippen LogP contribution is -2.23. The molecule has 0 aromatic carbocycles. The van der Waals surface area contributed by atoms with Gasteiger partial charge in [0, 0.05) is 0 Å². The molecule has 0 N–H and O–H groups in total. The van der Waals surface area contributed by atoms with Crippen LogP contribution in [0.3, 0.4) is 0 Å². The SMILES string of the molecule is N#CCS(=O)(=O)CC1CCC1. The number of hydrogen-bond donors (Lipinski definition) is 0. The van der Waals surface area contributed by atoms with Crippen LogP contribution in [0.4, 0.5) is 0 Å². The highest BCUT2D eigenvalue weighted by molar-refractivity contribution is 7.91. The Morgan fingerprint density at radius 3 is 2.45 bits per heavy atom. The zero-order valence-electron chi connectivity index (χ0n) is 6.28. The number of rotatable bonds is 3. The van der Waals surface area contributed by atoms with Crippen LogP contribution in [-0.2, 0) is 9.84 Å². The summed E-state index contributed by atoms with van der Waals surface area (Å²) in [5, 5.41) is 8.18. The quantitative estimate of drug-likeness (QED) is 0.632. The van der Waals surface area contributed by atoms with E-state index in [2.05, 4.69) is 0 Å². The van der Waals surface area contributed by atoms with E-state index in [0.29, 0.717) is 5.92 Å². The molecule has 0 radical (unpaired) electrons. The third kappa shape index (κ3) is 2.51. The van der Waals surface area contributed by atoms with Gasteiger partial charge in [-0.1, -0.05) is 6.42 Å². The molecule has 0 spiro atoms. The summed E-state index contributed by atoms with van der Waals surface area (Å²) in [6.07, 6.45) is 3.18. The molecule has 1 aliphatic carbocycles. The molecule has 1 rings (SSSR count). The van der Waals surface area contributed by atoms with Crippen LogP contribution < -0.4 is 0 Å². The largest absolute Gasteiger partial charge is 0.228 e. The Hall–Kier alpha value is -0.560. The number of hydrogen-bond acceptors (Lipinski definition) is 3. The molecule has 0 aliphatic heterocycles. The Bertz CT molecular complexity index is 259. The van der Waals surface area contributed by atoms with Crippen molar-refractivity contribution >= 4 is 9.84 Å². The predicted molar refractivity (Wildman–Crippen MR) is 41.6 cm³/mol. The van der Waals surface area contributed by atoms with Crippen LogP contribution in [0.1, 0.15) is 19.3 Å². The number of nitrogens with zero attached hydrogens (tertiary/aromatic N) is 1. The summed E-state index contributed by atoms with van der Waals surface area (Å²) in [5.41, 5.74) is 0. The second-order valence-electron chi connectivity index (χ2n) is 3.01. The van der Waals surface area contributed by atoms with Crippen molar-refractivity contribution in [3.63, 3.8) is 0 Å². The second kappa shape index (κ2) is 3.22. The van der Waals surface area contributed by atoms with Gasteiger partial charge in [-0.2, -0.15) is 5.26 Å². The highest BCUT2D eigenvalue weighted by atomic mass is 32.2. The molecular weight excluding hydrogens is 162 g/mol. The van der Waals surface area contributed by atoms with Gasteiger partial charge >= 0.3 is 0 Å². The van der Waals surface area contributed by atoms with Gasteiger partial charge in [-0.15, -0.1) is 0 Å². The molecule has 1 saturated carbocycles. The van der Waals surface area contributed by atoms with Crippen LogP contribution in [0, 0.1) is 17.2 Å². The fraction of sp³-hybridized carbons (Fsp3) is 0.857. The summed E-state index contributed by atoms with van der Waals surface area (Å²) >= 11 is 0. The van der Waals surface area contributed by atoms with E-state index in [0.717, 1.165) is 19.3 Å². The summed E-state index contributed by atoms with van der Waals surface area (Å²) in [4.78, 5) is 0. The van der Waals surface area contributed by atoms with Crippen LogP contribution >= 0.6 is 0 Å². The lowest BCUT2D eigenvalue weighted by molar-refractivity contribution is 0.347. The molecule has 4 heteroatoms. The van der Waals surface area contributed by atoms with E-state index in [9.17, 15) is 8.42 Å². The maximum atomic E-state index is 11.0. The standard InChI is InChI=1S/C7H11NO2S/c8-4-5-11(9,10)6-7-2-1-3-7/h7H,1-3,5-6H2. The third-order valence-electron chi connectivity index (χ3n) is 2.00. The number of nitriles is 1. The van der Waals surface area contributed by atoms with Crippen molar-refractivity contribution in [2.24, 2.45) is 5.92 Å². The van der Waals surface area contributed by atoms with Gasteiger partial charge in [-0.3, -0.25) is 0 Å². The van der Waals surface area contributed by atoms with Crippen molar-refractivity contribution in [3.8, 4) is 6.07 Å². The van der Waals surface area contributed by atoms with Crippen molar-refractivity contribution in [2.45, 2.75) is 19.3 Å². The Kier molecular flexibility index (Phi) is 2.50. The molecule has 3 nitrogen and oxygen atoms in total. The van der Waals surface area contributed by atoms with Crippen molar-refractivity contribution in [1.82, 2.24) is 0 Å². The minimum atomic E-state index is -3.05. The molecular formula is C7H11NO2S. The monoisotopic (exact) mass is 173 g/mol. The third-order valence-corrected chi connectivity index (χ3v) is 3.55. The highest BCUT2D eigenvalue weighted by Gasteiger charge is 2.23. The zero-order chi connectivity index (χ0) is 8.32. The maximum absolute atomic E-state index is 11.0. The molecule has 0 aromatic heterocycles. The molecule has 1 fully saturated rings. The normalized spacial score (nSPS) is 18.8. The molecule has 62 valence electrons. The molecule has 11 heavy (non-hydrogen) atoms. The average molecular weight is 173 g/mol. The van der Waals surface area contributed by atoms with E-state index in [-0.39, 0.29) is 11.5 Å². The van der Waals surface area contributed by atoms with Gasteiger partial charge in [0.15, 0.2) is 9.84 Å². The lowest BCUT2D eigenvalue weighted by Gasteiger charge is -2.24. The lowest BCUT2D eigenvalue weighted by atomic mass is 9.87. The summed E-state index contributed by atoms with van der Waals surface area (Å²) in [6, 6.07) is 1.67. The molecule has 0 bridgehead atoms. The Balaban J connectivity index is 2.40. The van der Waals surface area contributed by atoms with Gasteiger partial charge in [-0.25, -0.2) is 8.42 Å². The van der Waals surface area contributed by atoms with Crippen LogP contribution in [0.2, 0.25) is 0 Å². The molecule has 0 atom stereocenters. The fourth-order valence-corrected chi connectivity index (χ4v) is 2.54. The Morgan fingerprint density at radius 1 is 1.45 bits per heavy atom. The number of sulfone groups is 1. The van der Waals surface area contributed by atoms with Gasteiger partial charge in [0.2, 0.25) is 0 Å². The first-order valence-corrected chi connectivity index (χ1v) is 5.53. The summed E-state index contributed by atoms with van der Waals surface area (Å²) < 4.78 is 22.0. The smallest absolute Gasteiger partial charge is 0.163 e. The van der Waals surface area contributed by atoms with Crippen molar-refractivity contribution in [3.05, 3.63) is 0 Å². The molecule has 0 aromatic rings. The Labute approximate surface area is 66.9 Å². The molecule has 1 aliphatic rings.